The van der Waals surface area contributed by atoms with E-state index in [4.69, 9.17) is 10.00 Å². The van der Waals surface area contributed by atoms with Gasteiger partial charge in [-0.3, -0.25) is 10.6 Å². The van der Waals surface area contributed by atoms with Crippen molar-refractivity contribution in [2.24, 2.45) is 9.98 Å². The molecule has 8 heteroatoms. The fraction of sp³-hybridized carbons (Fsp3) is 0.154. The maximum Gasteiger partial charge on any atom is 0.395 e. The summed E-state index contributed by atoms with van der Waals surface area (Å²) in [6.45, 7) is -0.103. The van der Waals surface area contributed by atoms with Gasteiger partial charge in [0, 0.05) is 6.21 Å². The number of ether oxygens (including phenoxy) is 1. The smallest absolute Gasteiger partial charge is 0.305 e. The Labute approximate surface area is 119 Å². The average molecular weight is 291 g/mol. The first-order chi connectivity index (χ1) is 10.1. The predicted octanol–water partition coefficient (Wildman–Crippen LogP) is 1.54. The molecule has 0 saturated carbocycles. The summed E-state index contributed by atoms with van der Waals surface area (Å²) in [4.78, 5) is 7.30. The first-order valence-electron chi connectivity index (χ1n) is 5.89. The zero-order chi connectivity index (χ0) is 15.1. The fourth-order valence-corrected chi connectivity index (χ4v) is 1.47. The van der Waals surface area contributed by atoms with Gasteiger partial charge in [0.1, 0.15) is 18.0 Å². The first kappa shape index (κ1) is 14.6. The molecule has 1 aliphatic heterocycles. The van der Waals surface area contributed by atoms with E-state index in [9.17, 15) is 8.78 Å². The zero-order valence-electron chi connectivity index (χ0n) is 10.8. The first-order valence-corrected chi connectivity index (χ1v) is 5.89. The Morgan fingerprint density at radius 3 is 2.95 bits per heavy atom. The van der Waals surface area contributed by atoms with E-state index in [1.165, 1.54) is 36.6 Å². The number of rotatable bonds is 5. The second-order valence-corrected chi connectivity index (χ2v) is 3.95. The highest BCUT2D eigenvalue weighted by Gasteiger charge is 2.32. The Kier molecular flexibility index (Phi) is 4.58. The van der Waals surface area contributed by atoms with Gasteiger partial charge in [-0.25, -0.2) is 14.4 Å². The van der Waals surface area contributed by atoms with Crippen molar-refractivity contribution in [1.82, 2.24) is 10.6 Å². The third kappa shape index (κ3) is 4.36. The molecule has 1 aliphatic rings. The number of aliphatic imine (C=N–C) groups is 2. The molecular formula is C13H11F2N5O. The van der Waals surface area contributed by atoms with Gasteiger partial charge >= 0.3 is 6.10 Å². The monoisotopic (exact) mass is 291 g/mol. The van der Waals surface area contributed by atoms with E-state index in [0.29, 0.717) is 5.56 Å². The number of halogens is 2. The summed E-state index contributed by atoms with van der Waals surface area (Å²) < 4.78 is 32.1. The van der Waals surface area contributed by atoms with Crippen LogP contribution in [0.25, 0.3) is 0 Å². The normalized spacial score (nSPS) is 20.7. The van der Waals surface area contributed by atoms with Crippen molar-refractivity contribution in [2.75, 3.05) is 0 Å². The summed E-state index contributed by atoms with van der Waals surface area (Å²) in [5.41, 5.74) is 0.594. The largest absolute Gasteiger partial charge is 0.395 e. The van der Waals surface area contributed by atoms with Crippen molar-refractivity contribution < 1.29 is 13.5 Å². The Hall–Kier alpha value is -2.79. The van der Waals surface area contributed by atoms with Crippen LogP contribution in [0.3, 0.4) is 0 Å². The van der Waals surface area contributed by atoms with E-state index >= 15 is 0 Å². The lowest BCUT2D eigenvalue weighted by molar-refractivity contribution is -0.165. The van der Waals surface area contributed by atoms with Crippen molar-refractivity contribution in [2.45, 2.75) is 12.7 Å². The van der Waals surface area contributed by atoms with E-state index in [2.05, 4.69) is 20.6 Å². The van der Waals surface area contributed by atoms with Crippen LogP contribution in [-0.4, -0.2) is 18.7 Å². The van der Waals surface area contributed by atoms with Crippen molar-refractivity contribution in [3.63, 3.8) is 0 Å². The topological polar surface area (TPSA) is 81.8 Å². The van der Waals surface area contributed by atoms with Gasteiger partial charge in [0.25, 0.3) is 0 Å². The second-order valence-electron chi connectivity index (χ2n) is 3.95. The maximum absolute atomic E-state index is 14.3. The van der Waals surface area contributed by atoms with E-state index in [1.54, 1.807) is 6.19 Å². The van der Waals surface area contributed by atoms with Gasteiger partial charge in [0.05, 0.1) is 6.61 Å². The zero-order valence-corrected chi connectivity index (χ0v) is 10.8. The van der Waals surface area contributed by atoms with Gasteiger partial charge in [0.2, 0.25) is 0 Å². The van der Waals surface area contributed by atoms with Crippen molar-refractivity contribution >= 4 is 12.6 Å². The summed E-state index contributed by atoms with van der Waals surface area (Å²) in [6.07, 6.45) is 2.87. The van der Waals surface area contributed by atoms with Gasteiger partial charge < -0.3 is 4.74 Å². The summed E-state index contributed by atoms with van der Waals surface area (Å²) in [5.74, 6) is -0.249. The Balaban J connectivity index is 1.94. The van der Waals surface area contributed by atoms with Crippen LogP contribution in [0.1, 0.15) is 5.56 Å². The molecule has 6 nitrogen and oxygen atoms in total. The predicted molar refractivity (Wildman–Crippen MR) is 72.0 cm³/mol. The molecule has 21 heavy (non-hydrogen) atoms. The molecule has 0 saturated heterocycles. The average Bonchev–Trinajstić information content (AvgIpc) is 2.47. The quantitative estimate of drug-likeness (QED) is 0.283. The molecule has 2 N–H and O–H groups in total. The van der Waals surface area contributed by atoms with Crippen molar-refractivity contribution in [1.29, 1.82) is 5.26 Å². The van der Waals surface area contributed by atoms with Crippen LogP contribution in [0.5, 0.6) is 0 Å². The van der Waals surface area contributed by atoms with E-state index < -0.39 is 6.10 Å². The molecule has 0 aliphatic carbocycles. The molecule has 1 aromatic rings. The molecule has 0 amide bonds. The standard InChI is InChI=1S/C13H11F2N5O/c14-11-3-1-10(2-4-11)7-21-13(15)19-6-5-12(20-13)18-9-17-8-16/h1-6,9,20H,7H2,(H,17,18). The van der Waals surface area contributed by atoms with Crippen LogP contribution in [0.15, 0.2) is 46.1 Å². The van der Waals surface area contributed by atoms with E-state index in [-0.39, 0.29) is 18.2 Å². The molecule has 108 valence electrons. The van der Waals surface area contributed by atoms with Crippen molar-refractivity contribution in [3.8, 4) is 6.19 Å². The number of hydrogen-bond acceptors (Lipinski definition) is 5. The van der Waals surface area contributed by atoms with Gasteiger partial charge in [-0.1, -0.05) is 12.1 Å². The molecule has 0 bridgehead atoms. The highest BCUT2D eigenvalue weighted by molar-refractivity contribution is 5.74. The van der Waals surface area contributed by atoms with Gasteiger partial charge in [-0.15, -0.1) is 0 Å². The highest BCUT2D eigenvalue weighted by atomic mass is 19.2. The second kappa shape index (κ2) is 6.58. The lowest BCUT2D eigenvalue weighted by Gasteiger charge is -2.25. The molecule has 0 fully saturated rings. The van der Waals surface area contributed by atoms with E-state index in [1.807, 2.05) is 0 Å². The van der Waals surface area contributed by atoms with Crippen LogP contribution < -0.4 is 10.6 Å². The van der Waals surface area contributed by atoms with Crippen LogP contribution in [0, 0.1) is 17.3 Å². The summed E-state index contributed by atoms with van der Waals surface area (Å²) in [7, 11) is 0. The Morgan fingerprint density at radius 1 is 1.48 bits per heavy atom. The van der Waals surface area contributed by atoms with E-state index in [0.717, 1.165) is 6.34 Å². The summed E-state index contributed by atoms with van der Waals surface area (Å²) in [6, 6.07) is 5.47. The van der Waals surface area contributed by atoms with Crippen molar-refractivity contribution in [3.05, 3.63) is 47.5 Å². The minimum Gasteiger partial charge on any atom is -0.305 e. The van der Waals surface area contributed by atoms with Crippen LogP contribution in [0.2, 0.25) is 0 Å². The highest BCUT2D eigenvalue weighted by Crippen LogP contribution is 2.19. The number of allylic oxidation sites excluding steroid dienone is 1. The molecule has 0 spiro atoms. The molecule has 0 radical (unpaired) electrons. The molecule has 1 heterocycles. The van der Waals surface area contributed by atoms with Gasteiger partial charge in [-0.2, -0.15) is 9.65 Å². The SMILES string of the molecule is N#CNC=NC1=CC=NC(F)(OCc2ccc(F)cc2)N1. The number of benzene rings is 1. The summed E-state index contributed by atoms with van der Waals surface area (Å²) >= 11 is 0. The maximum atomic E-state index is 14.3. The fourth-order valence-electron chi connectivity index (χ4n) is 1.47. The van der Waals surface area contributed by atoms with Gasteiger partial charge in [-0.05, 0) is 23.8 Å². The minimum absolute atomic E-state index is 0.103. The third-order valence-corrected chi connectivity index (χ3v) is 2.43. The molecular weight excluding hydrogens is 280 g/mol. The number of nitriles is 1. The van der Waals surface area contributed by atoms with Crippen LogP contribution in [0.4, 0.5) is 8.78 Å². The lowest BCUT2D eigenvalue weighted by Crippen LogP contribution is -2.42. The third-order valence-electron chi connectivity index (χ3n) is 2.43. The summed E-state index contributed by atoms with van der Waals surface area (Å²) in [5, 5.41) is 12.8. The Bertz CT molecular complexity index is 620. The molecule has 0 aromatic heterocycles. The molecule has 1 unspecified atom stereocenters. The molecule has 1 atom stereocenters. The minimum atomic E-state index is -2.47. The van der Waals surface area contributed by atoms with Crippen LogP contribution >= 0.6 is 0 Å². The number of alkyl halides is 1. The number of hydrogen-bond donors (Lipinski definition) is 2. The molecule has 2 rings (SSSR count). The van der Waals surface area contributed by atoms with Crippen LogP contribution in [-0.2, 0) is 11.3 Å². The Morgan fingerprint density at radius 2 is 2.24 bits per heavy atom. The van der Waals surface area contributed by atoms with Gasteiger partial charge in [0.15, 0.2) is 6.19 Å². The number of nitrogens with one attached hydrogen (secondary N) is 2. The number of nitrogens with zero attached hydrogens (tertiary/aromatic N) is 3. The lowest BCUT2D eigenvalue weighted by atomic mass is 10.2. The molecule has 1 aromatic carbocycles.